The van der Waals surface area contributed by atoms with Gasteiger partial charge in [-0.1, -0.05) is 29.2 Å². The van der Waals surface area contributed by atoms with Crippen molar-refractivity contribution in [3.05, 3.63) is 30.1 Å². The smallest absolute Gasteiger partial charge is 0.235 e. The zero-order valence-electron chi connectivity index (χ0n) is 12.7. The van der Waals surface area contributed by atoms with Crippen LogP contribution in [-0.4, -0.2) is 39.3 Å². The van der Waals surface area contributed by atoms with Crippen molar-refractivity contribution in [2.75, 3.05) is 18.4 Å². The third-order valence-electron chi connectivity index (χ3n) is 3.53. The van der Waals surface area contributed by atoms with E-state index in [1.54, 1.807) is 12.1 Å². The number of carbonyl (C=O) groups excluding carboxylic acids is 1. The van der Waals surface area contributed by atoms with Gasteiger partial charge < -0.3 is 10.2 Å². The molecule has 0 radical (unpaired) electrons. The number of amides is 1. The molecule has 1 atom stereocenters. The van der Waals surface area contributed by atoms with E-state index < -0.39 is 0 Å². The van der Waals surface area contributed by atoms with Crippen molar-refractivity contribution >= 4 is 39.8 Å². The molecular weight excluding hydrogens is 335 g/mol. The van der Waals surface area contributed by atoms with Crippen LogP contribution in [0.2, 0.25) is 0 Å². The SMILES string of the molecule is C[C@@H](Sc1nnc(Nc2cccc(F)c2)s1)C(=O)N1CCCC1. The highest BCUT2D eigenvalue weighted by Gasteiger charge is 2.25. The Labute approximate surface area is 142 Å². The summed E-state index contributed by atoms with van der Waals surface area (Å²) in [7, 11) is 0. The largest absolute Gasteiger partial charge is 0.342 e. The van der Waals surface area contributed by atoms with Crippen LogP contribution in [0.25, 0.3) is 0 Å². The molecule has 1 fully saturated rings. The monoisotopic (exact) mass is 352 g/mol. The summed E-state index contributed by atoms with van der Waals surface area (Å²) in [6, 6.07) is 6.17. The van der Waals surface area contributed by atoms with Crippen LogP contribution in [-0.2, 0) is 4.79 Å². The normalized spacial score (nSPS) is 15.7. The second kappa shape index (κ2) is 7.27. The molecule has 3 rings (SSSR count). The lowest BCUT2D eigenvalue weighted by atomic mass is 10.3. The molecule has 1 aliphatic heterocycles. The van der Waals surface area contributed by atoms with Gasteiger partial charge in [-0.05, 0) is 38.0 Å². The van der Waals surface area contributed by atoms with E-state index in [0.29, 0.717) is 10.8 Å². The first-order valence-electron chi connectivity index (χ1n) is 7.43. The van der Waals surface area contributed by atoms with Gasteiger partial charge in [-0.15, -0.1) is 10.2 Å². The zero-order chi connectivity index (χ0) is 16.2. The van der Waals surface area contributed by atoms with Crippen LogP contribution in [0.5, 0.6) is 0 Å². The molecule has 1 amide bonds. The number of anilines is 2. The van der Waals surface area contributed by atoms with E-state index in [9.17, 15) is 9.18 Å². The number of hydrogen-bond acceptors (Lipinski definition) is 6. The molecule has 1 aromatic carbocycles. The van der Waals surface area contributed by atoms with Gasteiger partial charge in [0.15, 0.2) is 4.34 Å². The maximum atomic E-state index is 13.2. The van der Waals surface area contributed by atoms with Crippen LogP contribution in [0, 0.1) is 5.82 Å². The lowest BCUT2D eigenvalue weighted by Gasteiger charge is -2.18. The minimum Gasteiger partial charge on any atom is -0.342 e. The third kappa shape index (κ3) is 4.20. The summed E-state index contributed by atoms with van der Waals surface area (Å²) in [6.07, 6.45) is 2.17. The summed E-state index contributed by atoms with van der Waals surface area (Å²) in [4.78, 5) is 14.2. The maximum Gasteiger partial charge on any atom is 0.235 e. The zero-order valence-corrected chi connectivity index (χ0v) is 14.3. The van der Waals surface area contributed by atoms with E-state index in [1.807, 2.05) is 11.8 Å². The first-order chi connectivity index (χ1) is 11.1. The topological polar surface area (TPSA) is 58.1 Å². The molecule has 1 aromatic heterocycles. The molecule has 0 aliphatic carbocycles. The fourth-order valence-corrected chi connectivity index (χ4v) is 4.39. The lowest BCUT2D eigenvalue weighted by Crippen LogP contribution is -2.33. The van der Waals surface area contributed by atoms with Gasteiger partial charge in [0.1, 0.15) is 5.82 Å². The number of nitrogens with one attached hydrogen (secondary N) is 1. The first kappa shape index (κ1) is 16.2. The van der Waals surface area contributed by atoms with Gasteiger partial charge in [0.25, 0.3) is 0 Å². The van der Waals surface area contributed by atoms with Gasteiger partial charge in [-0.3, -0.25) is 4.79 Å². The van der Waals surface area contributed by atoms with Crippen molar-refractivity contribution < 1.29 is 9.18 Å². The number of carbonyl (C=O) groups is 1. The van der Waals surface area contributed by atoms with Gasteiger partial charge in [0.2, 0.25) is 11.0 Å². The van der Waals surface area contributed by atoms with Gasteiger partial charge in [-0.2, -0.15) is 0 Å². The molecule has 0 saturated carbocycles. The van der Waals surface area contributed by atoms with Crippen molar-refractivity contribution in [1.82, 2.24) is 15.1 Å². The quantitative estimate of drug-likeness (QED) is 0.835. The second-order valence-corrected chi connectivity index (χ2v) is 7.87. The Morgan fingerprint density at radius 3 is 2.91 bits per heavy atom. The standard InChI is InChI=1S/C15H17FN4OS2/c1-10(13(21)20-7-2-3-8-20)22-15-19-18-14(23-15)17-12-6-4-5-11(16)9-12/h4-6,9-10H,2-3,7-8H2,1H3,(H,17,18)/t10-/m1/s1. The number of likely N-dealkylation sites (tertiary alicyclic amines) is 1. The van der Waals surface area contributed by atoms with Crippen LogP contribution in [0.15, 0.2) is 28.6 Å². The van der Waals surface area contributed by atoms with E-state index in [2.05, 4.69) is 15.5 Å². The van der Waals surface area contributed by atoms with Crippen molar-refractivity contribution in [3.63, 3.8) is 0 Å². The van der Waals surface area contributed by atoms with Crippen LogP contribution in [0.4, 0.5) is 15.2 Å². The molecule has 0 unspecified atom stereocenters. The number of halogens is 1. The van der Waals surface area contributed by atoms with Gasteiger partial charge in [-0.25, -0.2) is 4.39 Å². The Morgan fingerprint density at radius 1 is 1.39 bits per heavy atom. The third-order valence-corrected chi connectivity index (χ3v) is 5.54. The van der Waals surface area contributed by atoms with E-state index in [-0.39, 0.29) is 17.0 Å². The highest BCUT2D eigenvalue weighted by molar-refractivity contribution is 8.02. The summed E-state index contributed by atoms with van der Waals surface area (Å²) in [5, 5.41) is 11.6. The molecule has 0 bridgehead atoms. The fraction of sp³-hybridized carbons (Fsp3) is 0.400. The van der Waals surface area contributed by atoms with E-state index in [1.165, 1.54) is 35.2 Å². The number of nitrogens with zero attached hydrogens (tertiary/aromatic N) is 3. The average molecular weight is 352 g/mol. The number of benzene rings is 1. The molecule has 0 spiro atoms. The fourth-order valence-electron chi connectivity index (χ4n) is 2.39. The molecule has 8 heteroatoms. The first-order valence-corrected chi connectivity index (χ1v) is 9.13. The summed E-state index contributed by atoms with van der Waals surface area (Å²) >= 11 is 2.77. The summed E-state index contributed by atoms with van der Waals surface area (Å²) in [6.45, 7) is 3.60. The second-order valence-electron chi connectivity index (χ2n) is 5.30. The Kier molecular flexibility index (Phi) is 5.12. The van der Waals surface area contributed by atoms with Crippen LogP contribution >= 0.6 is 23.1 Å². The minimum absolute atomic E-state index is 0.155. The predicted molar refractivity (Wildman–Crippen MR) is 90.7 cm³/mol. The van der Waals surface area contributed by atoms with Crippen molar-refractivity contribution in [3.8, 4) is 0 Å². The minimum atomic E-state index is -0.307. The Hall–Kier alpha value is -1.67. The molecule has 2 aromatic rings. The molecule has 23 heavy (non-hydrogen) atoms. The summed E-state index contributed by atoms with van der Waals surface area (Å²) < 4.78 is 13.9. The molecule has 1 N–H and O–H groups in total. The molecule has 5 nitrogen and oxygen atoms in total. The number of hydrogen-bond donors (Lipinski definition) is 1. The van der Waals surface area contributed by atoms with Gasteiger partial charge in [0, 0.05) is 18.8 Å². The summed E-state index contributed by atoms with van der Waals surface area (Å²) in [5.41, 5.74) is 0.624. The molecule has 1 aliphatic rings. The highest BCUT2D eigenvalue weighted by Crippen LogP contribution is 2.31. The number of aromatic nitrogens is 2. The van der Waals surface area contributed by atoms with E-state index in [0.717, 1.165) is 30.3 Å². The van der Waals surface area contributed by atoms with Crippen molar-refractivity contribution in [1.29, 1.82) is 0 Å². The number of rotatable bonds is 5. The maximum absolute atomic E-state index is 13.2. The predicted octanol–water partition coefficient (Wildman–Crippen LogP) is 3.52. The van der Waals surface area contributed by atoms with Crippen molar-refractivity contribution in [2.24, 2.45) is 0 Å². The van der Waals surface area contributed by atoms with E-state index in [4.69, 9.17) is 0 Å². The Bertz CT molecular complexity index is 688. The van der Waals surface area contributed by atoms with Crippen LogP contribution in [0.3, 0.4) is 0 Å². The molecule has 1 saturated heterocycles. The van der Waals surface area contributed by atoms with Gasteiger partial charge in [0.05, 0.1) is 5.25 Å². The summed E-state index contributed by atoms with van der Waals surface area (Å²) in [5.74, 6) is -0.152. The molecule has 122 valence electrons. The van der Waals surface area contributed by atoms with E-state index >= 15 is 0 Å². The Morgan fingerprint density at radius 2 is 2.17 bits per heavy atom. The average Bonchev–Trinajstić information content (AvgIpc) is 3.18. The lowest BCUT2D eigenvalue weighted by molar-refractivity contribution is -0.129. The van der Waals surface area contributed by atoms with Crippen LogP contribution < -0.4 is 5.32 Å². The Balaban J connectivity index is 1.59. The highest BCUT2D eigenvalue weighted by atomic mass is 32.2. The molecule has 2 heterocycles. The van der Waals surface area contributed by atoms with Crippen molar-refractivity contribution in [2.45, 2.75) is 29.4 Å². The van der Waals surface area contributed by atoms with Crippen LogP contribution in [0.1, 0.15) is 19.8 Å². The number of thioether (sulfide) groups is 1. The molecular formula is C15H17FN4OS2. The van der Waals surface area contributed by atoms with Gasteiger partial charge >= 0.3 is 0 Å².